The van der Waals surface area contributed by atoms with Crippen LogP contribution < -0.4 is 4.90 Å². The Hall–Kier alpha value is -0.750. The average Bonchev–Trinajstić information content (AvgIpc) is 2.55. The molecule has 0 radical (unpaired) electrons. The standard InChI is InChI=1S/C15H20BrN3OS/c16-13-10-17-4-3-14(13)19-5-1-2-12(11-19)15(20)18-6-8-21-9-7-18/h3-4,10,12H,1-2,5-9,11H2. The number of pyridine rings is 1. The van der Waals surface area contributed by atoms with Gasteiger partial charge in [0.25, 0.3) is 0 Å². The van der Waals surface area contributed by atoms with Gasteiger partial charge in [-0.15, -0.1) is 0 Å². The predicted octanol–water partition coefficient (Wildman–Crippen LogP) is 2.64. The third-order valence-corrected chi connectivity index (χ3v) is 5.74. The number of thioether (sulfide) groups is 1. The van der Waals surface area contributed by atoms with Gasteiger partial charge in [-0.2, -0.15) is 11.8 Å². The number of hydrogen-bond donors (Lipinski definition) is 0. The lowest BCUT2D eigenvalue weighted by atomic mass is 9.96. The van der Waals surface area contributed by atoms with Crippen molar-refractivity contribution in [2.24, 2.45) is 5.92 Å². The van der Waals surface area contributed by atoms with Crippen molar-refractivity contribution in [1.82, 2.24) is 9.88 Å². The van der Waals surface area contributed by atoms with Gasteiger partial charge >= 0.3 is 0 Å². The number of carbonyl (C=O) groups is 1. The van der Waals surface area contributed by atoms with Crippen molar-refractivity contribution >= 4 is 39.3 Å². The van der Waals surface area contributed by atoms with Gasteiger partial charge < -0.3 is 9.80 Å². The molecule has 2 aliphatic rings. The first kappa shape index (κ1) is 15.2. The first-order valence-electron chi connectivity index (χ1n) is 7.46. The Morgan fingerprint density at radius 3 is 2.90 bits per heavy atom. The smallest absolute Gasteiger partial charge is 0.227 e. The van der Waals surface area contributed by atoms with Crippen molar-refractivity contribution in [1.29, 1.82) is 0 Å². The van der Waals surface area contributed by atoms with Gasteiger partial charge in [-0.25, -0.2) is 0 Å². The minimum absolute atomic E-state index is 0.141. The Kier molecular flexibility index (Phi) is 5.06. The number of piperidine rings is 1. The number of hydrogen-bond acceptors (Lipinski definition) is 4. The van der Waals surface area contributed by atoms with Crippen LogP contribution in [0, 0.1) is 5.92 Å². The van der Waals surface area contributed by atoms with E-state index in [1.54, 1.807) is 0 Å². The molecule has 1 amide bonds. The Labute approximate surface area is 138 Å². The first-order valence-corrected chi connectivity index (χ1v) is 9.41. The van der Waals surface area contributed by atoms with E-state index >= 15 is 0 Å². The highest BCUT2D eigenvalue weighted by molar-refractivity contribution is 9.10. The summed E-state index contributed by atoms with van der Waals surface area (Å²) in [6.45, 7) is 3.67. The zero-order chi connectivity index (χ0) is 14.7. The molecule has 114 valence electrons. The van der Waals surface area contributed by atoms with E-state index < -0.39 is 0 Å². The van der Waals surface area contributed by atoms with Crippen LogP contribution in [-0.2, 0) is 4.79 Å². The molecule has 0 spiro atoms. The molecule has 0 bridgehead atoms. The van der Waals surface area contributed by atoms with Crippen molar-refractivity contribution < 1.29 is 4.79 Å². The summed E-state index contributed by atoms with van der Waals surface area (Å²) < 4.78 is 1.01. The van der Waals surface area contributed by atoms with E-state index in [9.17, 15) is 4.79 Å². The lowest BCUT2D eigenvalue weighted by Crippen LogP contribution is -2.47. The van der Waals surface area contributed by atoms with Crippen LogP contribution in [0.3, 0.4) is 0 Å². The van der Waals surface area contributed by atoms with Crippen molar-refractivity contribution in [3.63, 3.8) is 0 Å². The normalized spacial score (nSPS) is 23.2. The number of rotatable bonds is 2. The second-order valence-electron chi connectivity index (χ2n) is 5.55. The van der Waals surface area contributed by atoms with Gasteiger partial charge in [-0.05, 0) is 34.8 Å². The van der Waals surface area contributed by atoms with Gasteiger partial charge in [0, 0.05) is 50.1 Å². The van der Waals surface area contributed by atoms with E-state index in [0.717, 1.165) is 60.7 Å². The Bertz CT molecular complexity index is 507. The molecule has 0 aliphatic carbocycles. The Balaban J connectivity index is 1.68. The second-order valence-corrected chi connectivity index (χ2v) is 7.63. The SMILES string of the molecule is O=C(C1CCCN(c2ccncc2Br)C1)N1CCSCC1. The van der Waals surface area contributed by atoms with Gasteiger partial charge in [0.15, 0.2) is 0 Å². The van der Waals surface area contributed by atoms with E-state index in [1.807, 2.05) is 30.2 Å². The second kappa shape index (κ2) is 7.01. The molecule has 3 rings (SSSR count). The summed E-state index contributed by atoms with van der Waals surface area (Å²) in [6.07, 6.45) is 5.73. The monoisotopic (exact) mass is 369 g/mol. The highest BCUT2D eigenvalue weighted by Crippen LogP contribution is 2.30. The van der Waals surface area contributed by atoms with Gasteiger partial charge in [0.05, 0.1) is 16.1 Å². The Morgan fingerprint density at radius 1 is 1.33 bits per heavy atom. The number of aromatic nitrogens is 1. The third-order valence-electron chi connectivity index (χ3n) is 4.19. The molecular weight excluding hydrogens is 350 g/mol. The number of nitrogens with zero attached hydrogens (tertiary/aromatic N) is 3. The topological polar surface area (TPSA) is 36.4 Å². The maximum atomic E-state index is 12.7. The average molecular weight is 370 g/mol. The van der Waals surface area contributed by atoms with Crippen molar-refractivity contribution in [3.8, 4) is 0 Å². The van der Waals surface area contributed by atoms with Gasteiger partial charge in [-0.3, -0.25) is 9.78 Å². The molecule has 0 N–H and O–H groups in total. The molecule has 2 fully saturated rings. The van der Waals surface area contributed by atoms with Crippen LogP contribution in [0.2, 0.25) is 0 Å². The molecule has 1 aromatic heterocycles. The van der Waals surface area contributed by atoms with E-state index in [4.69, 9.17) is 0 Å². The van der Waals surface area contributed by atoms with E-state index in [1.165, 1.54) is 0 Å². The van der Waals surface area contributed by atoms with Crippen LogP contribution in [0.5, 0.6) is 0 Å². The van der Waals surface area contributed by atoms with E-state index in [2.05, 4.69) is 30.7 Å². The molecule has 6 heteroatoms. The zero-order valence-corrected chi connectivity index (χ0v) is 14.4. The van der Waals surface area contributed by atoms with Gasteiger partial charge in [0.1, 0.15) is 0 Å². The molecule has 0 aromatic carbocycles. The molecule has 1 unspecified atom stereocenters. The number of anilines is 1. The maximum absolute atomic E-state index is 12.7. The summed E-state index contributed by atoms with van der Waals surface area (Å²) in [5.41, 5.74) is 1.15. The molecule has 4 nitrogen and oxygen atoms in total. The lowest BCUT2D eigenvalue weighted by Gasteiger charge is -2.37. The summed E-state index contributed by atoms with van der Waals surface area (Å²) >= 11 is 5.51. The number of carbonyl (C=O) groups excluding carboxylic acids is 1. The largest absolute Gasteiger partial charge is 0.370 e. The summed E-state index contributed by atoms with van der Waals surface area (Å²) in [4.78, 5) is 21.2. The van der Waals surface area contributed by atoms with Crippen LogP contribution in [-0.4, -0.2) is 53.5 Å². The van der Waals surface area contributed by atoms with Gasteiger partial charge in [-0.1, -0.05) is 0 Å². The molecule has 1 aromatic rings. The van der Waals surface area contributed by atoms with Crippen LogP contribution in [0.4, 0.5) is 5.69 Å². The molecule has 3 heterocycles. The highest BCUT2D eigenvalue weighted by Gasteiger charge is 2.30. The summed E-state index contributed by atoms with van der Waals surface area (Å²) in [7, 11) is 0. The van der Waals surface area contributed by atoms with Crippen LogP contribution in [0.1, 0.15) is 12.8 Å². The van der Waals surface area contributed by atoms with Gasteiger partial charge in [0.2, 0.25) is 5.91 Å². The summed E-state index contributed by atoms with van der Waals surface area (Å²) in [6, 6.07) is 2.02. The lowest BCUT2D eigenvalue weighted by molar-refractivity contribution is -0.135. The van der Waals surface area contributed by atoms with E-state index in [0.29, 0.717) is 5.91 Å². The van der Waals surface area contributed by atoms with E-state index in [-0.39, 0.29) is 5.92 Å². The van der Waals surface area contributed by atoms with Crippen LogP contribution >= 0.6 is 27.7 Å². The van der Waals surface area contributed by atoms with Crippen molar-refractivity contribution in [2.75, 3.05) is 42.6 Å². The number of amides is 1. The third kappa shape index (κ3) is 3.54. The molecule has 21 heavy (non-hydrogen) atoms. The molecular formula is C15H20BrN3OS. The summed E-state index contributed by atoms with van der Waals surface area (Å²) in [5, 5.41) is 0. The maximum Gasteiger partial charge on any atom is 0.227 e. The minimum Gasteiger partial charge on any atom is -0.370 e. The molecule has 1 atom stereocenters. The van der Waals surface area contributed by atoms with Crippen molar-refractivity contribution in [2.45, 2.75) is 12.8 Å². The quantitative estimate of drug-likeness (QED) is 0.802. The summed E-state index contributed by atoms with van der Waals surface area (Å²) in [5.74, 6) is 2.66. The molecule has 2 aliphatic heterocycles. The fourth-order valence-electron chi connectivity index (χ4n) is 3.06. The van der Waals surface area contributed by atoms with Crippen LogP contribution in [0.25, 0.3) is 0 Å². The fraction of sp³-hybridized carbons (Fsp3) is 0.600. The number of halogens is 1. The minimum atomic E-state index is 0.141. The fourth-order valence-corrected chi connectivity index (χ4v) is 4.47. The predicted molar refractivity (Wildman–Crippen MR) is 90.8 cm³/mol. The van der Waals surface area contributed by atoms with Crippen molar-refractivity contribution in [3.05, 3.63) is 22.9 Å². The molecule has 0 saturated carbocycles. The molecule has 2 saturated heterocycles. The Morgan fingerprint density at radius 2 is 2.14 bits per heavy atom. The highest BCUT2D eigenvalue weighted by atomic mass is 79.9. The van der Waals surface area contributed by atoms with Crippen LogP contribution in [0.15, 0.2) is 22.9 Å². The first-order chi connectivity index (χ1) is 10.3. The zero-order valence-electron chi connectivity index (χ0n) is 12.0.